The highest BCUT2D eigenvalue weighted by molar-refractivity contribution is 8.06. The van der Waals surface area contributed by atoms with E-state index in [0.717, 1.165) is 17.3 Å². The number of carboxylic acid groups (broad SMARTS) is 1. The minimum absolute atomic E-state index is 0.0455. The van der Waals surface area contributed by atoms with Gasteiger partial charge in [-0.1, -0.05) is 5.16 Å². The van der Waals surface area contributed by atoms with Crippen molar-refractivity contribution in [2.45, 2.75) is 11.9 Å². The smallest absolute Gasteiger partial charge is 0.329 e. The van der Waals surface area contributed by atoms with E-state index in [1.165, 1.54) is 0 Å². The SMILES string of the molecule is O=C(O)COCc1nc(C2CSCCS2)no1. The lowest BCUT2D eigenvalue weighted by Gasteiger charge is -2.16. The van der Waals surface area contributed by atoms with Crippen LogP contribution in [0, 0.1) is 0 Å². The summed E-state index contributed by atoms with van der Waals surface area (Å²) in [5.74, 6) is 3.24. The van der Waals surface area contributed by atoms with Crippen LogP contribution in [0.5, 0.6) is 0 Å². The summed E-state index contributed by atoms with van der Waals surface area (Å²) < 4.78 is 9.87. The molecule has 0 spiro atoms. The van der Waals surface area contributed by atoms with Gasteiger partial charge < -0.3 is 14.4 Å². The van der Waals surface area contributed by atoms with E-state index < -0.39 is 5.97 Å². The summed E-state index contributed by atoms with van der Waals surface area (Å²) in [5, 5.41) is 12.6. The molecule has 1 saturated heterocycles. The number of aliphatic carboxylic acids is 1. The summed E-state index contributed by atoms with van der Waals surface area (Å²) in [6.45, 7) is -0.310. The molecular weight excluding hydrogens is 264 g/mol. The van der Waals surface area contributed by atoms with E-state index in [9.17, 15) is 4.79 Å². The average molecular weight is 276 g/mol. The maximum Gasteiger partial charge on any atom is 0.329 e. The van der Waals surface area contributed by atoms with Crippen LogP contribution in [0.4, 0.5) is 0 Å². The van der Waals surface area contributed by atoms with Crippen molar-refractivity contribution in [1.29, 1.82) is 0 Å². The number of aromatic nitrogens is 2. The molecule has 1 atom stereocenters. The van der Waals surface area contributed by atoms with Crippen molar-refractivity contribution in [2.75, 3.05) is 23.9 Å². The Balaban J connectivity index is 1.84. The summed E-state index contributed by atoms with van der Waals surface area (Å²) in [6.07, 6.45) is 0. The minimum atomic E-state index is -1.01. The third-order valence-electron chi connectivity index (χ3n) is 2.04. The number of thioether (sulfide) groups is 2. The standard InChI is InChI=1S/C9H12N2O4S2/c12-8(13)4-14-3-7-10-9(11-15-7)6-5-16-1-2-17-6/h6H,1-5H2,(H,12,13). The highest BCUT2D eigenvalue weighted by Gasteiger charge is 2.21. The molecular formula is C9H12N2O4S2. The fraction of sp³-hybridized carbons (Fsp3) is 0.667. The predicted molar refractivity (Wildman–Crippen MR) is 64.1 cm³/mol. The van der Waals surface area contributed by atoms with Crippen molar-refractivity contribution in [1.82, 2.24) is 10.1 Å². The van der Waals surface area contributed by atoms with Crippen molar-refractivity contribution in [3.63, 3.8) is 0 Å². The number of nitrogens with zero attached hydrogens (tertiary/aromatic N) is 2. The van der Waals surface area contributed by atoms with Crippen LogP contribution in [-0.4, -0.2) is 45.1 Å². The molecule has 0 aromatic carbocycles. The molecule has 6 nitrogen and oxygen atoms in total. The Hall–Kier alpha value is -0.730. The Bertz CT molecular complexity index is 379. The minimum Gasteiger partial charge on any atom is -0.480 e. The van der Waals surface area contributed by atoms with Gasteiger partial charge >= 0.3 is 5.97 Å². The lowest BCUT2D eigenvalue weighted by atomic mass is 10.4. The second-order valence-electron chi connectivity index (χ2n) is 3.37. The molecule has 1 aromatic rings. The Morgan fingerprint density at radius 1 is 1.59 bits per heavy atom. The first kappa shape index (κ1) is 12.7. The highest BCUT2D eigenvalue weighted by atomic mass is 32.2. The quantitative estimate of drug-likeness (QED) is 0.858. The number of rotatable bonds is 5. The van der Waals surface area contributed by atoms with Crippen molar-refractivity contribution in [2.24, 2.45) is 0 Å². The van der Waals surface area contributed by atoms with Gasteiger partial charge in [-0.15, -0.1) is 11.8 Å². The van der Waals surface area contributed by atoms with E-state index in [2.05, 4.69) is 10.1 Å². The number of carbonyl (C=O) groups is 1. The Morgan fingerprint density at radius 3 is 3.18 bits per heavy atom. The maximum absolute atomic E-state index is 10.2. The predicted octanol–water partition coefficient (Wildman–Crippen LogP) is 1.19. The number of hydrogen-bond donors (Lipinski definition) is 1. The van der Waals surface area contributed by atoms with Crippen LogP contribution in [0.25, 0.3) is 0 Å². The first-order valence-corrected chi connectivity index (χ1v) is 7.27. The largest absolute Gasteiger partial charge is 0.480 e. The summed E-state index contributed by atoms with van der Waals surface area (Å²) in [7, 11) is 0. The number of ether oxygens (including phenoxy) is 1. The molecule has 0 radical (unpaired) electrons. The van der Waals surface area contributed by atoms with Crippen LogP contribution in [0.15, 0.2) is 4.52 Å². The van der Waals surface area contributed by atoms with Gasteiger partial charge in [0.2, 0.25) is 0 Å². The van der Waals surface area contributed by atoms with Crippen molar-refractivity contribution < 1.29 is 19.2 Å². The van der Waals surface area contributed by atoms with Crippen LogP contribution in [0.3, 0.4) is 0 Å². The van der Waals surface area contributed by atoms with Gasteiger partial charge in [-0.2, -0.15) is 16.7 Å². The van der Waals surface area contributed by atoms with Crippen LogP contribution >= 0.6 is 23.5 Å². The van der Waals surface area contributed by atoms with Gasteiger partial charge in [0.05, 0.1) is 5.25 Å². The highest BCUT2D eigenvalue weighted by Crippen LogP contribution is 2.35. The molecule has 2 rings (SSSR count). The van der Waals surface area contributed by atoms with Crippen LogP contribution < -0.4 is 0 Å². The molecule has 0 saturated carbocycles. The Labute approximate surface area is 106 Å². The molecule has 1 N–H and O–H groups in total. The molecule has 1 aliphatic heterocycles. The lowest BCUT2D eigenvalue weighted by Crippen LogP contribution is -2.09. The maximum atomic E-state index is 10.2. The fourth-order valence-corrected chi connectivity index (χ4v) is 3.91. The van der Waals surface area contributed by atoms with Gasteiger partial charge in [0.15, 0.2) is 5.82 Å². The first-order valence-electron chi connectivity index (χ1n) is 5.07. The average Bonchev–Trinajstić information content (AvgIpc) is 2.78. The monoisotopic (exact) mass is 276 g/mol. The van der Waals surface area contributed by atoms with Gasteiger partial charge in [0, 0.05) is 17.3 Å². The van der Waals surface area contributed by atoms with E-state index in [1.54, 1.807) is 0 Å². The molecule has 1 fully saturated rings. The topological polar surface area (TPSA) is 85.5 Å². The van der Waals surface area contributed by atoms with Gasteiger partial charge in [-0.05, 0) is 0 Å². The van der Waals surface area contributed by atoms with Gasteiger partial charge in [-0.25, -0.2) is 4.79 Å². The third kappa shape index (κ3) is 3.90. The Morgan fingerprint density at radius 2 is 2.47 bits per heavy atom. The van der Waals surface area contributed by atoms with Crippen LogP contribution in [-0.2, 0) is 16.1 Å². The summed E-state index contributed by atoms with van der Waals surface area (Å²) in [6, 6.07) is 0. The third-order valence-corrected chi connectivity index (χ3v) is 4.79. The molecule has 1 aromatic heterocycles. The second kappa shape index (κ2) is 6.27. The molecule has 0 aliphatic carbocycles. The normalized spacial score (nSPS) is 20.4. The van der Waals surface area contributed by atoms with Crippen molar-refractivity contribution in [3.05, 3.63) is 11.7 Å². The van der Waals surface area contributed by atoms with E-state index >= 15 is 0 Å². The van der Waals surface area contributed by atoms with Crippen molar-refractivity contribution in [3.8, 4) is 0 Å². The first-order chi connectivity index (χ1) is 8.25. The van der Waals surface area contributed by atoms with E-state index in [-0.39, 0.29) is 18.5 Å². The van der Waals surface area contributed by atoms with Gasteiger partial charge in [0.1, 0.15) is 13.2 Å². The lowest BCUT2D eigenvalue weighted by molar-refractivity contribution is -0.142. The fourth-order valence-electron chi connectivity index (χ4n) is 1.32. The van der Waals surface area contributed by atoms with E-state index in [4.69, 9.17) is 14.4 Å². The summed E-state index contributed by atoms with van der Waals surface area (Å²) in [4.78, 5) is 14.4. The van der Waals surface area contributed by atoms with Crippen molar-refractivity contribution >= 4 is 29.5 Å². The summed E-state index contributed by atoms with van der Waals surface area (Å²) in [5.41, 5.74) is 0. The van der Waals surface area contributed by atoms with E-state index in [1.807, 2.05) is 23.5 Å². The Kier molecular flexibility index (Phi) is 4.69. The molecule has 8 heteroatoms. The zero-order valence-electron chi connectivity index (χ0n) is 9.00. The molecule has 1 aliphatic rings. The second-order valence-corrected chi connectivity index (χ2v) is 5.83. The summed E-state index contributed by atoms with van der Waals surface area (Å²) >= 11 is 3.70. The molecule has 94 valence electrons. The van der Waals surface area contributed by atoms with Crippen LogP contribution in [0.1, 0.15) is 17.0 Å². The van der Waals surface area contributed by atoms with Crippen LogP contribution in [0.2, 0.25) is 0 Å². The van der Waals surface area contributed by atoms with Gasteiger partial charge in [0.25, 0.3) is 5.89 Å². The number of carboxylic acids is 1. The molecule has 0 bridgehead atoms. The van der Waals surface area contributed by atoms with E-state index in [0.29, 0.717) is 11.7 Å². The zero-order chi connectivity index (χ0) is 12.1. The number of hydrogen-bond acceptors (Lipinski definition) is 7. The van der Waals surface area contributed by atoms with Gasteiger partial charge in [-0.3, -0.25) is 0 Å². The molecule has 0 amide bonds. The zero-order valence-corrected chi connectivity index (χ0v) is 10.6. The molecule has 1 unspecified atom stereocenters. The molecule has 17 heavy (non-hydrogen) atoms. The molecule has 2 heterocycles.